The molecule has 0 spiro atoms. The molecule has 5 aromatic rings. The Labute approximate surface area is 282 Å². The number of hydrogen-bond acceptors (Lipinski definition) is 7. The summed E-state index contributed by atoms with van der Waals surface area (Å²) in [6.45, 7) is 6.81. The summed E-state index contributed by atoms with van der Waals surface area (Å²) >= 11 is 1.46. The Morgan fingerprint density at radius 1 is 1.12 bits per heavy atom. The number of pyridine rings is 1. The molecule has 1 aliphatic heterocycles. The molecule has 0 saturated heterocycles. The number of halogens is 2. The number of benzene rings is 2. The van der Waals surface area contributed by atoms with E-state index >= 15 is 4.39 Å². The average molecular weight is 670 g/mol. The third-order valence-electron chi connectivity index (χ3n) is 9.37. The number of rotatable bonds is 9. The molecule has 3 aromatic heterocycles. The van der Waals surface area contributed by atoms with Crippen molar-refractivity contribution in [2.45, 2.75) is 44.9 Å². The van der Waals surface area contributed by atoms with Gasteiger partial charge in [-0.15, -0.1) is 11.3 Å². The van der Waals surface area contributed by atoms with Crippen molar-refractivity contribution in [2.75, 3.05) is 34.4 Å². The standard InChI is InChI=1S/C37H37F2N5O3S/c1-6-32(45)43-20-25-18-29(41-44(25)19-21(43)2)36-34(33-28(39)16-24(38)17-31(33)47-13-12-46-5)37-27(11-14-48-37)35(40-36)23-7-9-26-22(15-23)8-10-30(26)42(3)4/h6-7,9,11,14-18,21,30H,1,8,10,12-13,19-20H2,2-5H3/t21-,30?/m1/s1. The van der Waals surface area contributed by atoms with Crippen LogP contribution in [0.5, 0.6) is 5.75 Å². The van der Waals surface area contributed by atoms with Gasteiger partial charge < -0.3 is 19.3 Å². The van der Waals surface area contributed by atoms with Crippen molar-refractivity contribution in [1.82, 2.24) is 24.6 Å². The SMILES string of the molecule is C=CC(=O)N1Cc2cc(-c3nc(-c4ccc5c(c4)CCC5N(C)C)c4ccsc4c3-c3c(F)cc(F)cc3OCCOC)nn2C[C@H]1C. The number of fused-ring (bicyclic) bond motifs is 3. The van der Waals surface area contributed by atoms with Crippen molar-refractivity contribution in [3.63, 3.8) is 0 Å². The highest BCUT2D eigenvalue weighted by Gasteiger charge is 2.31. The van der Waals surface area contributed by atoms with E-state index in [2.05, 4.69) is 43.8 Å². The van der Waals surface area contributed by atoms with Gasteiger partial charge in [0.2, 0.25) is 5.91 Å². The average Bonchev–Trinajstić information content (AvgIpc) is 3.82. The normalized spacial score (nSPS) is 17.2. The molecule has 0 bridgehead atoms. The van der Waals surface area contributed by atoms with E-state index in [1.54, 1.807) is 4.90 Å². The molecule has 4 heterocycles. The van der Waals surface area contributed by atoms with Crippen LogP contribution < -0.4 is 4.74 Å². The van der Waals surface area contributed by atoms with Crippen molar-refractivity contribution >= 4 is 27.3 Å². The van der Waals surface area contributed by atoms with Gasteiger partial charge in [0, 0.05) is 52.5 Å². The maximum absolute atomic E-state index is 16.1. The number of aryl methyl sites for hydroxylation is 1. The molecule has 0 radical (unpaired) electrons. The Morgan fingerprint density at radius 3 is 2.73 bits per heavy atom. The third kappa shape index (κ3) is 5.59. The summed E-state index contributed by atoms with van der Waals surface area (Å²) in [5, 5.41) is 7.79. The van der Waals surface area contributed by atoms with E-state index in [-0.39, 0.29) is 36.5 Å². The number of nitrogens with zero attached hydrogens (tertiary/aromatic N) is 5. The second kappa shape index (κ2) is 12.9. The first-order valence-electron chi connectivity index (χ1n) is 16.0. The van der Waals surface area contributed by atoms with Gasteiger partial charge in [-0.25, -0.2) is 13.8 Å². The van der Waals surface area contributed by atoms with Crippen LogP contribution in [0.15, 0.2) is 60.5 Å². The summed E-state index contributed by atoms with van der Waals surface area (Å²) in [6, 6.07) is 12.8. The summed E-state index contributed by atoms with van der Waals surface area (Å²) in [5.74, 6) is -1.61. The van der Waals surface area contributed by atoms with Gasteiger partial charge >= 0.3 is 0 Å². The van der Waals surface area contributed by atoms with Gasteiger partial charge in [-0.1, -0.05) is 18.7 Å². The molecule has 48 heavy (non-hydrogen) atoms. The van der Waals surface area contributed by atoms with Gasteiger partial charge in [0.25, 0.3) is 0 Å². The van der Waals surface area contributed by atoms with E-state index in [1.165, 1.54) is 41.7 Å². The summed E-state index contributed by atoms with van der Waals surface area (Å²) in [7, 11) is 5.75. The summed E-state index contributed by atoms with van der Waals surface area (Å²) in [6.07, 6.45) is 3.34. The van der Waals surface area contributed by atoms with Crippen molar-refractivity contribution in [3.8, 4) is 39.5 Å². The molecule has 2 aromatic carbocycles. The number of ether oxygens (including phenoxy) is 2. The lowest BCUT2D eigenvalue weighted by Crippen LogP contribution is -2.44. The lowest BCUT2D eigenvalue weighted by atomic mass is 9.95. The lowest BCUT2D eigenvalue weighted by molar-refractivity contribution is -0.129. The van der Waals surface area contributed by atoms with E-state index in [1.807, 2.05) is 29.1 Å². The predicted molar refractivity (Wildman–Crippen MR) is 184 cm³/mol. The zero-order chi connectivity index (χ0) is 33.7. The molecule has 8 nitrogen and oxygen atoms in total. The largest absolute Gasteiger partial charge is 0.490 e. The highest BCUT2D eigenvalue weighted by Crippen LogP contribution is 2.48. The molecule has 7 rings (SSSR count). The van der Waals surface area contributed by atoms with Crippen molar-refractivity contribution in [2.24, 2.45) is 0 Å². The van der Waals surface area contributed by atoms with Crippen molar-refractivity contribution in [3.05, 3.63) is 89.0 Å². The zero-order valence-corrected chi connectivity index (χ0v) is 28.2. The van der Waals surface area contributed by atoms with E-state index in [4.69, 9.17) is 19.6 Å². The minimum absolute atomic E-state index is 0.0580. The fourth-order valence-electron chi connectivity index (χ4n) is 7.03. The highest BCUT2D eigenvalue weighted by molar-refractivity contribution is 7.18. The maximum Gasteiger partial charge on any atom is 0.246 e. The Bertz CT molecular complexity index is 2050. The minimum atomic E-state index is -0.763. The number of carbonyl (C=O) groups excluding carboxylic acids is 1. The smallest absolute Gasteiger partial charge is 0.246 e. The molecule has 2 atom stereocenters. The number of thiophene rings is 1. The molecule has 0 saturated carbocycles. The first-order valence-corrected chi connectivity index (χ1v) is 16.9. The minimum Gasteiger partial charge on any atom is -0.490 e. The van der Waals surface area contributed by atoms with Gasteiger partial charge in [-0.3, -0.25) is 9.48 Å². The molecule has 1 aliphatic carbocycles. The molecular weight excluding hydrogens is 633 g/mol. The van der Waals surface area contributed by atoms with Crippen LogP contribution in [0.4, 0.5) is 8.78 Å². The van der Waals surface area contributed by atoms with Crippen LogP contribution in [0.3, 0.4) is 0 Å². The van der Waals surface area contributed by atoms with E-state index in [0.717, 1.165) is 45.9 Å². The number of amides is 1. The van der Waals surface area contributed by atoms with Gasteiger partial charge in [0.05, 0.1) is 36.6 Å². The first kappa shape index (κ1) is 32.1. The van der Waals surface area contributed by atoms with E-state index in [0.29, 0.717) is 36.1 Å². The quantitative estimate of drug-likeness (QED) is 0.122. The Kier molecular flexibility index (Phi) is 8.61. The number of hydrogen-bond donors (Lipinski definition) is 0. The molecule has 1 amide bonds. The number of methoxy groups -OCH3 is 1. The van der Waals surface area contributed by atoms with E-state index < -0.39 is 11.6 Å². The van der Waals surface area contributed by atoms with Crippen LogP contribution in [0, 0.1) is 11.6 Å². The molecule has 0 fully saturated rings. The molecule has 248 valence electrons. The monoisotopic (exact) mass is 669 g/mol. The molecule has 0 N–H and O–H groups in total. The predicted octanol–water partition coefficient (Wildman–Crippen LogP) is 7.26. The lowest BCUT2D eigenvalue weighted by Gasteiger charge is -2.33. The Balaban J connectivity index is 1.46. The summed E-state index contributed by atoms with van der Waals surface area (Å²) in [4.78, 5) is 21.9. The van der Waals surface area contributed by atoms with Crippen LogP contribution >= 0.6 is 11.3 Å². The zero-order valence-electron chi connectivity index (χ0n) is 27.4. The van der Waals surface area contributed by atoms with E-state index in [9.17, 15) is 9.18 Å². The fraction of sp³-hybridized carbons (Fsp3) is 0.324. The Morgan fingerprint density at radius 2 is 1.96 bits per heavy atom. The second-order valence-corrected chi connectivity index (χ2v) is 13.5. The van der Waals surface area contributed by atoms with Crippen molar-refractivity contribution < 1.29 is 23.0 Å². The van der Waals surface area contributed by atoms with Gasteiger partial charge in [0.15, 0.2) is 0 Å². The summed E-state index contributed by atoms with van der Waals surface area (Å²) < 4.78 is 44.6. The molecular formula is C37H37F2N5O3S. The topological polar surface area (TPSA) is 72.7 Å². The fourth-order valence-corrected chi connectivity index (χ4v) is 7.98. The van der Waals surface area contributed by atoms with Gasteiger partial charge in [0.1, 0.15) is 35.4 Å². The third-order valence-corrected chi connectivity index (χ3v) is 10.3. The number of aromatic nitrogens is 3. The summed E-state index contributed by atoms with van der Waals surface area (Å²) in [5.41, 5.74) is 6.71. The van der Waals surface area contributed by atoms with Crippen LogP contribution in [0.2, 0.25) is 0 Å². The second-order valence-electron chi connectivity index (χ2n) is 12.6. The van der Waals surface area contributed by atoms with Crippen LogP contribution in [0.25, 0.3) is 43.9 Å². The molecule has 11 heteroatoms. The van der Waals surface area contributed by atoms with Crippen LogP contribution in [-0.4, -0.2) is 70.9 Å². The van der Waals surface area contributed by atoms with Crippen LogP contribution in [0.1, 0.15) is 36.2 Å². The molecule has 2 aliphatic rings. The molecule has 1 unspecified atom stereocenters. The van der Waals surface area contributed by atoms with Gasteiger partial charge in [-0.2, -0.15) is 5.10 Å². The van der Waals surface area contributed by atoms with Gasteiger partial charge in [-0.05, 0) is 74.6 Å². The highest BCUT2D eigenvalue weighted by atomic mass is 32.1. The van der Waals surface area contributed by atoms with Crippen LogP contribution in [-0.2, 0) is 29.0 Å². The number of carbonyl (C=O) groups is 1. The first-order chi connectivity index (χ1) is 23.2. The maximum atomic E-state index is 16.1. The Hall–Kier alpha value is -4.45. The van der Waals surface area contributed by atoms with Crippen molar-refractivity contribution in [1.29, 1.82) is 0 Å².